The van der Waals surface area contributed by atoms with Gasteiger partial charge in [-0.05, 0) is 91.2 Å². The van der Waals surface area contributed by atoms with E-state index >= 15 is 0 Å². The van der Waals surface area contributed by atoms with E-state index in [1.54, 1.807) is 135 Å². The van der Waals surface area contributed by atoms with Gasteiger partial charge in [0, 0.05) is 78.6 Å². The molecule has 0 aliphatic heterocycles. The van der Waals surface area contributed by atoms with Gasteiger partial charge in [-0.3, -0.25) is 0 Å². The van der Waals surface area contributed by atoms with Crippen LogP contribution in [0.5, 0.6) is 0 Å². The second-order valence-corrected chi connectivity index (χ2v) is 35.6. The Labute approximate surface area is 195 Å². The summed E-state index contributed by atoms with van der Waals surface area (Å²) in [5.41, 5.74) is 0. The van der Waals surface area contributed by atoms with Crippen molar-refractivity contribution in [1.82, 2.24) is 0 Å². The Balaban J connectivity index is 3.09. The molecular weight excluding hydrogens is 637 g/mol. The smallest absolute Gasteiger partial charge is 0.0817 e. The lowest BCUT2D eigenvalue weighted by Crippen LogP contribution is -1.87. The minimum absolute atomic E-state index is 1.45. The van der Waals surface area contributed by atoms with E-state index in [1.165, 1.54) is 19.7 Å². The van der Waals surface area contributed by atoms with E-state index in [-0.39, 0.29) is 0 Å². The van der Waals surface area contributed by atoms with Crippen LogP contribution in [0.1, 0.15) is 0 Å². The molecule has 21 heavy (non-hydrogen) atoms. The van der Waals surface area contributed by atoms with Crippen molar-refractivity contribution in [3.63, 3.8) is 0 Å². The highest BCUT2D eigenvalue weighted by Gasteiger charge is 2.03. The zero-order valence-corrected chi connectivity index (χ0v) is 24.8. The lowest BCUT2D eigenvalue weighted by atomic mass is 11.8. The molecule has 0 saturated carbocycles. The summed E-state index contributed by atoms with van der Waals surface area (Å²) in [5, 5.41) is 0. The first kappa shape index (κ1) is 27.4. The molecule has 0 amide bonds. The summed E-state index contributed by atoms with van der Waals surface area (Å²) in [4.78, 5) is 0. The Morgan fingerprint density at radius 1 is 0.667 bits per heavy atom. The summed E-state index contributed by atoms with van der Waals surface area (Å²) in [6, 6.07) is 0. The van der Waals surface area contributed by atoms with E-state index in [0.717, 1.165) is 0 Å². The van der Waals surface area contributed by atoms with Crippen molar-refractivity contribution in [2.75, 3.05) is 7.11 Å². The van der Waals surface area contributed by atoms with Crippen molar-refractivity contribution < 1.29 is 4.18 Å². The minimum Gasteiger partial charge on any atom is -0.305 e. The zero-order valence-electron chi connectivity index (χ0n) is 9.20. The molecule has 0 fully saturated rings. The molecule has 0 radical (unpaired) electrons. The lowest BCUT2D eigenvalue weighted by molar-refractivity contribution is 0.491. The molecular formula is CH4OS19. The van der Waals surface area contributed by atoms with Crippen molar-refractivity contribution in [3.05, 3.63) is 0 Å². The topological polar surface area (TPSA) is 9.23 Å². The fourth-order valence-electron chi connectivity index (χ4n) is 0.210. The Hall–Kier alpha value is 6.35. The fourth-order valence-corrected chi connectivity index (χ4v) is 43.3. The van der Waals surface area contributed by atoms with Crippen LogP contribution in [0, 0.1) is 0 Å². The van der Waals surface area contributed by atoms with Crippen LogP contribution in [-0.4, -0.2) is 7.11 Å². The summed E-state index contributed by atoms with van der Waals surface area (Å²) < 4.78 is 5.05. The third-order valence-corrected chi connectivity index (χ3v) is 38.8. The first-order chi connectivity index (χ1) is 10.1. The summed E-state index contributed by atoms with van der Waals surface area (Å²) in [6.45, 7) is -1.77. The molecule has 0 spiro atoms. The predicted octanol–water partition coefficient (Wildman–Crippen LogP) is 10.2. The van der Waals surface area contributed by atoms with Crippen LogP contribution in [0.4, 0.5) is 0 Å². The van der Waals surface area contributed by atoms with Gasteiger partial charge in [0.05, 0.1) is 13.6 Å². The van der Waals surface area contributed by atoms with Crippen LogP contribution in [0.2, 0.25) is 0 Å². The molecule has 0 heterocycles. The van der Waals surface area contributed by atoms with Crippen molar-refractivity contribution in [3.8, 4) is 0 Å². The minimum atomic E-state index is -1.77. The first-order valence-corrected chi connectivity index (χ1v) is 28.1. The van der Waals surface area contributed by atoms with Gasteiger partial charge in [-0.15, -0.1) is 0 Å². The van der Waals surface area contributed by atoms with Crippen molar-refractivity contribution >= 4 is 188 Å². The molecule has 0 bridgehead atoms. The van der Waals surface area contributed by atoms with Gasteiger partial charge in [-0.2, -0.15) is 0 Å². The molecule has 128 valence electrons. The molecule has 0 unspecified atom stereocenters. The van der Waals surface area contributed by atoms with Crippen LogP contribution in [0.15, 0.2) is 0 Å². The van der Waals surface area contributed by atoms with Crippen molar-refractivity contribution in [2.45, 2.75) is 0 Å². The third-order valence-electron chi connectivity index (χ3n) is 0.679. The lowest BCUT2D eigenvalue weighted by Gasteiger charge is -2.03. The van der Waals surface area contributed by atoms with Gasteiger partial charge in [0.15, 0.2) is 0 Å². The number of hydrogen-bond acceptors (Lipinski definition) is 19. The summed E-state index contributed by atoms with van der Waals surface area (Å²) in [6.07, 6.45) is 0. The Bertz CT molecular complexity index is 293. The monoisotopic (exact) mass is 639 g/mol. The number of thiol groups is 1. The van der Waals surface area contributed by atoms with Crippen LogP contribution in [0.25, 0.3) is 0 Å². The molecule has 0 N–H and O–H groups in total. The highest BCUT2D eigenvalue weighted by molar-refractivity contribution is 9.57. The molecule has 0 atom stereocenters. The van der Waals surface area contributed by atoms with E-state index < -0.39 is 6.46 Å². The molecule has 0 aromatic heterocycles. The maximum absolute atomic E-state index is 5.10. The fraction of sp³-hybridized carbons (Fsp3) is 1.00. The Morgan fingerprint density at radius 3 is 1.33 bits per heavy atom. The van der Waals surface area contributed by atoms with E-state index in [9.17, 15) is 0 Å². The average molecular weight is 641 g/mol. The van der Waals surface area contributed by atoms with E-state index in [4.69, 9.17) is 26.6 Å². The average Bonchev–Trinajstić information content (AvgIpc) is 2.47. The van der Waals surface area contributed by atoms with Crippen LogP contribution in [-0.2, 0) is 33.0 Å². The second kappa shape index (κ2) is 21.1. The maximum atomic E-state index is 5.10. The summed E-state index contributed by atoms with van der Waals surface area (Å²) >= 11 is 14.2. The second-order valence-electron chi connectivity index (χ2n) is 1.60. The molecule has 1 nitrogen and oxygen atoms in total. The predicted molar refractivity (Wildman–Crippen MR) is 152 cm³/mol. The van der Waals surface area contributed by atoms with Crippen LogP contribution >= 0.6 is 159 Å². The van der Waals surface area contributed by atoms with Gasteiger partial charge < -0.3 is 4.18 Å². The third kappa shape index (κ3) is 22.5. The van der Waals surface area contributed by atoms with Crippen molar-refractivity contribution in [1.29, 1.82) is 0 Å². The molecule has 0 aromatic rings. The summed E-state index contributed by atoms with van der Waals surface area (Å²) in [5.74, 6) is 0. The molecule has 0 aliphatic rings. The van der Waals surface area contributed by atoms with E-state index in [1.807, 2.05) is 0 Å². The summed E-state index contributed by atoms with van der Waals surface area (Å²) in [7, 11) is 27.0. The zero-order chi connectivity index (χ0) is 15.8. The van der Waals surface area contributed by atoms with Gasteiger partial charge in [0.25, 0.3) is 0 Å². The van der Waals surface area contributed by atoms with Gasteiger partial charge in [-0.1, -0.05) is 11.7 Å². The standard InChI is InChI=1S/CH4OS19/c1-2-21(4,5)20-19-18-17-16-15-14-13-12-11-10-9-8-7-6-3/h3H,1H3. The van der Waals surface area contributed by atoms with Crippen molar-refractivity contribution in [2.24, 2.45) is 0 Å². The van der Waals surface area contributed by atoms with E-state index in [0.29, 0.717) is 0 Å². The Morgan fingerprint density at radius 2 is 1.00 bits per heavy atom. The normalized spacial score (nSPS) is 11.9. The highest BCUT2D eigenvalue weighted by Crippen LogP contribution is 2.63. The highest BCUT2D eigenvalue weighted by atomic mass is 34.1. The Kier molecular flexibility index (Phi) is 27.4. The van der Waals surface area contributed by atoms with Gasteiger partial charge in [-0.25, -0.2) is 0 Å². The molecule has 0 aromatic carbocycles. The van der Waals surface area contributed by atoms with Gasteiger partial charge >= 0.3 is 0 Å². The molecule has 0 rings (SSSR count). The molecule has 0 aliphatic carbocycles. The van der Waals surface area contributed by atoms with Crippen LogP contribution in [0.3, 0.4) is 0 Å². The molecule has 20 heteroatoms. The SMILES string of the molecule is COS(=S)(=S)SSSSSSSSSSSSSSSS. The van der Waals surface area contributed by atoms with Gasteiger partial charge in [0.1, 0.15) is 0 Å². The quantitative estimate of drug-likeness (QED) is 0.0972. The largest absolute Gasteiger partial charge is 0.305 e. The van der Waals surface area contributed by atoms with Gasteiger partial charge in [0.2, 0.25) is 0 Å². The number of rotatable bonds is 16. The molecule has 0 saturated heterocycles. The van der Waals surface area contributed by atoms with Crippen LogP contribution < -0.4 is 0 Å². The van der Waals surface area contributed by atoms with E-state index in [2.05, 4.69) is 11.7 Å². The maximum Gasteiger partial charge on any atom is 0.0817 e. The number of hydrogen-bond donors (Lipinski definition) is 1. The first-order valence-electron chi connectivity index (χ1n) is 3.59.